The van der Waals surface area contributed by atoms with Crippen LogP contribution in [-0.2, 0) is 0 Å². The lowest BCUT2D eigenvalue weighted by Gasteiger charge is -1.95. The molecule has 1 rings (SSSR count). The molecule has 0 fully saturated rings. The number of halogens is 2. The number of hydrogen-bond acceptors (Lipinski definition) is 2. The topological polar surface area (TPSA) is 30.0 Å². The lowest BCUT2D eigenvalue weighted by molar-refractivity contribution is 0.111. The van der Waals surface area contributed by atoms with Crippen molar-refractivity contribution in [3.05, 3.63) is 35.4 Å². The maximum Gasteiger partial charge on any atom is 0.153 e. The van der Waals surface area contributed by atoms with Gasteiger partial charge in [-0.25, -0.2) is 4.39 Å². The van der Waals surface area contributed by atoms with Crippen LogP contribution in [0, 0.1) is 5.82 Å². The van der Waals surface area contributed by atoms with Gasteiger partial charge in [-0.1, -0.05) is 22.0 Å². The molecule has 0 N–H and O–H groups in total. The molecule has 0 unspecified atom stereocenters. The Morgan fingerprint density at radius 1 is 1.62 bits per heavy atom. The fourth-order valence-corrected chi connectivity index (χ4v) is 1.00. The van der Waals surface area contributed by atoms with Gasteiger partial charge in [-0.2, -0.15) is 0 Å². The van der Waals surface area contributed by atoms with Crippen molar-refractivity contribution in [2.24, 2.45) is 0 Å². The van der Waals surface area contributed by atoms with Crippen molar-refractivity contribution in [1.82, 2.24) is 4.98 Å². The van der Waals surface area contributed by atoms with Crippen molar-refractivity contribution in [3.63, 3.8) is 0 Å². The van der Waals surface area contributed by atoms with Crippen LogP contribution >= 0.6 is 15.9 Å². The fourth-order valence-electron chi connectivity index (χ4n) is 0.818. The minimum absolute atomic E-state index is 0.0317. The third-order valence-electron chi connectivity index (χ3n) is 1.41. The highest BCUT2D eigenvalue weighted by Crippen LogP contribution is 2.06. The van der Waals surface area contributed by atoms with Gasteiger partial charge in [-0.15, -0.1) is 0 Å². The zero-order valence-electron chi connectivity index (χ0n) is 6.71. The molecule has 68 valence electrons. The van der Waals surface area contributed by atoms with E-state index in [4.69, 9.17) is 0 Å². The summed E-state index contributed by atoms with van der Waals surface area (Å²) in [7, 11) is 0. The third kappa shape index (κ3) is 2.73. The number of alkyl halides is 1. The number of rotatable bonds is 3. The van der Waals surface area contributed by atoms with Crippen molar-refractivity contribution >= 4 is 28.3 Å². The molecular weight excluding hydrogens is 237 g/mol. The minimum atomic E-state index is -0.592. The standard InChI is InChI=1S/C9H7BrFNO/c10-3-1-2-8-4-7(6-13)9(11)5-12-8/h1-2,4-6H,3H2. The van der Waals surface area contributed by atoms with E-state index in [9.17, 15) is 9.18 Å². The number of carbonyl (C=O) groups excluding carboxylic acids is 1. The van der Waals surface area contributed by atoms with Gasteiger partial charge < -0.3 is 0 Å². The van der Waals surface area contributed by atoms with Crippen LogP contribution in [0.3, 0.4) is 0 Å². The minimum Gasteiger partial charge on any atom is -0.298 e. The molecule has 4 heteroatoms. The van der Waals surface area contributed by atoms with E-state index in [0.717, 1.165) is 6.20 Å². The molecule has 1 aromatic heterocycles. The lowest BCUT2D eigenvalue weighted by Crippen LogP contribution is -1.91. The molecule has 0 saturated carbocycles. The second kappa shape index (κ2) is 4.87. The smallest absolute Gasteiger partial charge is 0.153 e. The van der Waals surface area contributed by atoms with E-state index < -0.39 is 5.82 Å². The van der Waals surface area contributed by atoms with E-state index in [0.29, 0.717) is 17.3 Å². The Bertz CT molecular complexity index is 338. The first kappa shape index (κ1) is 10.1. The molecule has 0 aromatic carbocycles. The largest absolute Gasteiger partial charge is 0.298 e. The number of allylic oxidation sites excluding steroid dienone is 1. The van der Waals surface area contributed by atoms with Crippen molar-refractivity contribution < 1.29 is 9.18 Å². The van der Waals surface area contributed by atoms with Gasteiger partial charge in [-0.05, 0) is 12.1 Å². The quantitative estimate of drug-likeness (QED) is 0.603. The molecule has 2 nitrogen and oxygen atoms in total. The van der Waals surface area contributed by atoms with Crippen molar-refractivity contribution in [2.45, 2.75) is 0 Å². The van der Waals surface area contributed by atoms with Crippen LogP contribution < -0.4 is 0 Å². The molecule has 0 atom stereocenters. The molecule has 0 radical (unpaired) electrons. The van der Waals surface area contributed by atoms with Crippen molar-refractivity contribution in [1.29, 1.82) is 0 Å². The molecule has 0 aliphatic carbocycles. The van der Waals surface area contributed by atoms with Gasteiger partial charge in [0.15, 0.2) is 12.1 Å². The first-order valence-corrected chi connectivity index (χ1v) is 4.73. The zero-order valence-corrected chi connectivity index (χ0v) is 8.29. The summed E-state index contributed by atoms with van der Waals surface area (Å²) in [6.45, 7) is 0. The van der Waals surface area contributed by atoms with Crippen molar-refractivity contribution in [3.8, 4) is 0 Å². The average molecular weight is 244 g/mol. The number of aldehydes is 1. The van der Waals surface area contributed by atoms with E-state index in [1.165, 1.54) is 6.07 Å². The summed E-state index contributed by atoms with van der Waals surface area (Å²) < 4.78 is 12.8. The monoisotopic (exact) mass is 243 g/mol. The molecule has 0 spiro atoms. The highest BCUT2D eigenvalue weighted by molar-refractivity contribution is 9.09. The Hall–Kier alpha value is -1.03. The van der Waals surface area contributed by atoms with E-state index in [2.05, 4.69) is 20.9 Å². The van der Waals surface area contributed by atoms with Gasteiger partial charge >= 0.3 is 0 Å². The number of hydrogen-bond donors (Lipinski definition) is 0. The normalized spacial score (nSPS) is 10.6. The van der Waals surface area contributed by atoms with Crippen LogP contribution in [0.1, 0.15) is 16.1 Å². The fraction of sp³-hybridized carbons (Fsp3) is 0.111. The number of pyridine rings is 1. The summed E-state index contributed by atoms with van der Waals surface area (Å²) in [5, 5.41) is 0.697. The molecule has 0 aliphatic rings. The Balaban J connectivity index is 2.99. The lowest BCUT2D eigenvalue weighted by atomic mass is 10.2. The molecule has 0 aliphatic heterocycles. The number of aromatic nitrogens is 1. The Labute approximate surface area is 83.6 Å². The van der Waals surface area contributed by atoms with E-state index in [1.54, 1.807) is 6.08 Å². The Morgan fingerprint density at radius 3 is 3.00 bits per heavy atom. The van der Waals surface area contributed by atoms with Gasteiger partial charge in [0.2, 0.25) is 0 Å². The zero-order chi connectivity index (χ0) is 9.68. The maximum absolute atomic E-state index is 12.8. The molecular formula is C9H7BrFNO. The van der Waals surface area contributed by atoms with Gasteiger partial charge in [0, 0.05) is 5.33 Å². The number of carbonyl (C=O) groups is 1. The molecule has 1 aromatic rings. The number of nitrogens with zero attached hydrogens (tertiary/aromatic N) is 1. The summed E-state index contributed by atoms with van der Waals surface area (Å²) in [5.74, 6) is -0.592. The summed E-state index contributed by atoms with van der Waals surface area (Å²) >= 11 is 3.20. The Kier molecular flexibility index (Phi) is 3.76. The van der Waals surface area contributed by atoms with Gasteiger partial charge in [0.05, 0.1) is 17.5 Å². The molecule has 0 bridgehead atoms. The summed E-state index contributed by atoms with van der Waals surface area (Å²) in [6, 6.07) is 1.40. The van der Waals surface area contributed by atoms with E-state index in [-0.39, 0.29) is 5.56 Å². The molecule has 0 amide bonds. The van der Waals surface area contributed by atoms with Crippen LogP contribution in [0.25, 0.3) is 6.08 Å². The van der Waals surface area contributed by atoms with Crippen LogP contribution in [-0.4, -0.2) is 16.6 Å². The SMILES string of the molecule is O=Cc1cc(C=CCBr)ncc1F. The molecule has 0 saturated heterocycles. The Morgan fingerprint density at radius 2 is 2.38 bits per heavy atom. The van der Waals surface area contributed by atoms with Gasteiger partial charge in [0.1, 0.15) is 0 Å². The highest BCUT2D eigenvalue weighted by atomic mass is 79.9. The van der Waals surface area contributed by atoms with E-state index >= 15 is 0 Å². The second-order valence-corrected chi connectivity index (χ2v) is 2.95. The molecule has 1 heterocycles. The predicted molar refractivity (Wildman–Crippen MR) is 52.4 cm³/mol. The van der Waals surface area contributed by atoms with Crippen LogP contribution in [0.4, 0.5) is 4.39 Å². The first-order valence-electron chi connectivity index (χ1n) is 3.61. The van der Waals surface area contributed by atoms with Gasteiger partial charge in [0.25, 0.3) is 0 Å². The average Bonchev–Trinajstić information content (AvgIpc) is 2.16. The summed E-state index contributed by atoms with van der Waals surface area (Å²) in [5.41, 5.74) is 0.604. The third-order valence-corrected chi connectivity index (χ3v) is 1.78. The van der Waals surface area contributed by atoms with Crippen LogP contribution in [0.2, 0.25) is 0 Å². The second-order valence-electron chi connectivity index (χ2n) is 2.31. The van der Waals surface area contributed by atoms with Crippen LogP contribution in [0.5, 0.6) is 0 Å². The van der Waals surface area contributed by atoms with E-state index in [1.807, 2.05) is 6.08 Å². The van der Waals surface area contributed by atoms with Crippen LogP contribution in [0.15, 0.2) is 18.3 Å². The van der Waals surface area contributed by atoms with Gasteiger partial charge in [-0.3, -0.25) is 9.78 Å². The van der Waals surface area contributed by atoms with Crippen molar-refractivity contribution in [2.75, 3.05) is 5.33 Å². The molecule has 13 heavy (non-hydrogen) atoms. The summed E-state index contributed by atoms with van der Waals surface area (Å²) in [6.07, 6.45) is 5.04. The highest BCUT2D eigenvalue weighted by Gasteiger charge is 2.00. The first-order chi connectivity index (χ1) is 6.27. The summed E-state index contributed by atoms with van der Waals surface area (Å²) in [4.78, 5) is 14.1. The predicted octanol–water partition coefficient (Wildman–Crippen LogP) is 2.44. The maximum atomic E-state index is 12.8.